The molecule has 3 nitrogen and oxygen atoms in total. The lowest BCUT2D eigenvalue weighted by atomic mass is 10.2. The maximum atomic E-state index is 3.89. The predicted octanol–water partition coefficient (Wildman–Crippen LogP) is -0.509. The third kappa shape index (κ3) is 1.40. The lowest BCUT2D eigenvalue weighted by Gasteiger charge is -2.05. The molecule has 0 aromatic carbocycles. The van der Waals surface area contributed by atoms with Crippen molar-refractivity contribution in [3.8, 4) is 0 Å². The van der Waals surface area contributed by atoms with Crippen molar-refractivity contribution in [1.29, 1.82) is 0 Å². The van der Waals surface area contributed by atoms with E-state index in [4.69, 9.17) is 0 Å². The van der Waals surface area contributed by atoms with Gasteiger partial charge in [0.15, 0.2) is 0 Å². The summed E-state index contributed by atoms with van der Waals surface area (Å²) in [5.41, 5.74) is 0. The van der Waals surface area contributed by atoms with Gasteiger partial charge in [0.25, 0.3) is 0 Å². The number of aromatic nitrogens is 2. The summed E-state index contributed by atoms with van der Waals surface area (Å²) in [7, 11) is 2.03. The molecule has 4 heteroatoms. The maximum absolute atomic E-state index is 3.89. The molecule has 10 heavy (non-hydrogen) atoms. The SMILES string of the molecule is BCNC(=C)n1ccnc1. The predicted molar refractivity (Wildman–Crippen MR) is 44.1 cm³/mol. The number of rotatable bonds is 3. The molecular weight excluding hydrogens is 125 g/mol. The average Bonchev–Trinajstić information content (AvgIpc) is 2.38. The Morgan fingerprint density at radius 1 is 1.80 bits per heavy atom. The van der Waals surface area contributed by atoms with Gasteiger partial charge in [0.05, 0.1) is 0 Å². The van der Waals surface area contributed by atoms with Crippen LogP contribution in [0.15, 0.2) is 25.3 Å². The zero-order valence-corrected chi connectivity index (χ0v) is 6.04. The van der Waals surface area contributed by atoms with Gasteiger partial charge in [-0.2, -0.15) is 0 Å². The van der Waals surface area contributed by atoms with Gasteiger partial charge >= 0.3 is 0 Å². The summed E-state index contributed by atoms with van der Waals surface area (Å²) in [4.78, 5) is 3.89. The highest BCUT2D eigenvalue weighted by atomic mass is 15.1. The molecular formula is C6H10BN3. The van der Waals surface area contributed by atoms with Crippen LogP contribution in [0.4, 0.5) is 0 Å². The molecule has 0 unspecified atom stereocenters. The van der Waals surface area contributed by atoms with Gasteiger partial charge in [-0.3, -0.25) is 4.57 Å². The second-order valence-corrected chi connectivity index (χ2v) is 1.95. The topological polar surface area (TPSA) is 29.9 Å². The van der Waals surface area contributed by atoms with E-state index in [1.165, 1.54) is 0 Å². The Morgan fingerprint density at radius 3 is 3.10 bits per heavy atom. The van der Waals surface area contributed by atoms with E-state index in [2.05, 4.69) is 16.9 Å². The minimum absolute atomic E-state index is 0.861. The molecule has 52 valence electrons. The van der Waals surface area contributed by atoms with E-state index in [0.29, 0.717) is 0 Å². The van der Waals surface area contributed by atoms with Crippen molar-refractivity contribution in [1.82, 2.24) is 14.9 Å². The first-order valence-corrected chi connectivity index (χ1v) is 3.25. The van der Waals surface area contributed by atoms with Crippen molar-refractivity contribution in [2.45, 2.75) is 0 Å². The van der Waals surface area contributed by atoms with E-state index in [9.17, 15) is 0 Å². The van der Waals surface area contributed by atoms with E-state index >= 15 is 0 Å². The molecule has 0 fully saturated rings. The summed E-state index contributed by atoms with van der Waals surface area (Å²) in [6.07, 6.45) is 6.18. The summed E-state index contributed by atoms with van der Waals surface area (Å²) in [6.45, 7) is 3.80. The molecule has 1 rings (SSSR count). The van der Waals surface area contributed by atoms with E-state index in [1.807, 2.05) is 18.6 Å². The Hall–Kier alpha value is -1.19. The Bertz CT molecular complexity index is 205. The average molecular weight is 135 g/mol. The second-order valence-electron chi connectivity index (χ2n) is 1.95. The number of hydrogen-bond donors (Lipinski definition) is 1. The lowest BCUT2D eigenvalue weighted by Crippen LogP contribution is -2.16. The molecule has 0 atom stereocenters. The van der Waals surface area contributed by atoms with Crippen molar-refractivity contribution in [2.24, 2.45) is 0 Å². The van der Waals surface area contributed by atoms with Crippen LogP contribution in [-0.4, -0.2) is 23.8 Å². The fourth-order valence-corrected chi connectivity index (χ4v) is 0.714. The standard InChI is InChI=1S/C6H10BN3/c1-6(9-4-7)10-3-2-8-5-10/h2-3,5,9H,1,4,7H2. The number of imidazole rings is 1. The zero-order valence-electron chi connectivity index (χ0n) is 6.04. The van der Waals surface area contributed by atoms with Crippen LogP contribution in [0, 0.1) is 0 Å². The Morgan fingerprint density at radius 2 is 2.60 bits per heavy atom. The molecule has 0 radical (unpaired) electrons. The first-order valence-electron chi connectivity index (χ1n) is 3.25. The molecule has 0 saturated heterocycles. The number of nitrogens with zero attached hydrogens (tertiary/aromatic N) is 2. The van der Waals surface area contributed by atoms with Crippen LogP contribution in [0.1, 0.15) is 0 Å². The highest BCUT2D eigenvalue weighted by molar-refractivity contribution is 6.09. The number of nitrogens with one attached hydrogen (secondary N) is 1. The van der Waals surface area contributed by atoms with Crippen LogP contribution in [-0.2, 0) is 0 Å². The van der Waals surface area contributed by atoms with Crippen molar-refractivity contribution in [2.75, 3.05) is 6.44 Å². The molecule has 0 saturated carbocycles. The van der Waals surface area contributed by atoms with E-state index in [-0.39, 0.29) is 0 Å². The van der Waals surface area contributed by atoms with Crippen LogP contribution in [0.3, 0.4) is 0 Å². The molecule has 0 aliphatic heterocycles. The molecule has 1 aromatic rings. The van der Waals surface area contributed by atoms with E-state index in [1.54, 1.807) is 12.5 Å². The monoisotopic (exact) mass is 135 g/mol. The molecule has 0 aliphatic rings. The summed E-state index contributed by atoms with van der Waals surface area (Å²) < 4.78 is 1.84. The molecule has 0 bridgehead atoms. The fraction of sp³-hybridized carbons (Fsp3) is 0.167. The van der Waals surface area contributed by atoms with Gasteiger partial charge in [-0.1, -0.05) is 6.58 Å². The third-order valence-electron chi connectivity index (χ3n) is 1.20. The summed E-state index contributed by atoms with van der Waals surface area (Å²) in [5, 5.41) is 3.08. The minimum atomic E-state index is 0.861. The molecule has 1 N–H and O–H groups in total. The van der Waals surface area contributed by atoms with Crippen LogP contribution in [0.25, 0.3) is 5.82 Å². The van der Waals surface area contributed by atoms with Gasteiger partial charge in [-0.25, -0.2) is 4.98 Å². The van der Waals surface area contributed by atoms with Crippen LogP contribution in [0.5, 0.6) is 0 Å². The van der Waals surface area contributed by atoms with E-state index < -0.39 is 0 Å². The fourth-order valence-electron chi connectivity index (χ4n) is 0.714. The Balaban J connectivity index is 2.59. The van der Waals surface area contributed by atoms with Gasteiger partial charge in [-0.15, -0.1) is 0 Å². The van der Waals surface area contributed by atoms with Crippen molar-refractivity contribution >= 4 is 13.7 Å². The molecule has 1 heterocycles. The summed E-state index contributed by atoms with van der Waals surface area (Å²) in [5.74, 6) is 0.861. The molecule has 0 amide bonds. The smallest absolute Gasteiger partial charge is 0.126 e. The second kappa shape index (κ2) is 3.10. The van der Waals surface area contributed by atoms with Crippen LogP contribution < -0.4 is 5.32 Å². The zero-order chi connectivity index (χ0) is 7.40. The van der Waals surface area contributed by atoms with Gasteiger partial charge in [0, 0.05) is 12.4 Å². The maximum Gasteiger partial charge on any atom is 0.126 e. The first-order chi connectivity index (χ1) is 4.84. The van der Waals surface area contributed by atoms with Crippen molar-refractivity contribution in [3.63, 3.8) is 0 Å². The van der Waals surface area contributed by atoms with Crippen molar-refractivity contribution < 1.29 is 0 Å². The first kappa shape index (κ1) is 6.93. The highest BCUT2D eigenvalue weighted by Gasteiger charge is 1.90. The molecule has 1 aromatic heterocycles. The summed E-state index contributed by atoms with van der Waals surface area (Å²) >= 11 is 0. The minimum Gasteiger partial charge on any atom is -0.380 e. The van der Waals surface area contributed by atoms with Crippen LogP contribution in [0.2, 0.25) is 0 Å². The normalized spacial score (nSPS) is 9.20. The molecule has 0 aliphatic carbocycles. The van der Waals surface area contributed by atoms with Crippen molar-refractivity contribution in [3.05, 3.63) is 25.3 Å². The van der Waals surface area contributed by atoms with Gasteiger partial charge < -0.3 is 5.32 Å². The number of hydrogen-bond acceptors (Lipinski definition) is 2. The third-order valence-corrected chi connectivity index (χ3v) is 1.20. The quantitative estimate of drug-likeness (QED) is 0.565. The lowest BCUT2D eigenvalue weighted by molar-refractivity contribution is 0.934. The van der Waals surface area contributed by atoms with Gasteiger partial charge in [-0.05, 0) is 6.44 Å². The highest BCUT2D eigenvalue weighted by Crippen LogP contribution is 1.93. The Labute approximate surface area is 61.2 Å². The van der Waals surface area contributed by atoms with Gasteiger partial charge in [0.2, 0.25) is 0 Å². The Kier molecular flexibility index (Phi) is 2.15. The van der Waals surface area contributed by atoms with Gasteiger partial charge in [0.1, 0.15) is 20.0 Å². The van der Waals surface area contributed by atoms with Crippen LogP contribution >= 0.6 is 0 Å². The van der Waals surface area contributed by atoms with E-state index in [0.717, 1.165) is 12.3 Å². The molecule has 0 spiro atoms. The summed E-state index contributed by atoms with van der Waals surface area (Å²) in [6, 6.07) is 0. The largest absolute Gasteiger partial charge is 0.380 e.